The number of pyridine rings is 1. The molecule has 10 nitrogen and oxygen atoms in total. The van der Waals surface area contributed by atoms with Crippen LogP contribution in [-0.2, 0) is 28.2 Å². The Balaban J connectivity index is 1.61. The molecule has 1 aromatic carbocycles. The lowest BCUT2D eigenvalue weighted by molar-refractivity contribution is -0.222. The minimum atomic E-state index is -0.944. The van der Waals surface area contributed by atoms with Gasteiger partial charge in [-0.05, 0) is 34.0 Å². The number of unbranched alkanes of at least 4 members (excludes halogenated alkanes) is 2. The number of aryl methyl sites for hydroxylation is 1. The summed E-state index contributed by atoms with van der Waals surface area (Å²) in [7, 11) is 3.26. The predicted molar refractivity (Wildman–Crippen MR) is 131 cm³/mol. The van der Waals surface area contributed by atoms with Crippen LogP contribution >= 0.6 is 0 Å². The number of H-pyrrole nitrogens is 1. The third-order valence-electron chi connectivity index (χ3n) is 6.19. The zero-order valence-corrected chi connectivity index (χ0v) is 20.7. The van der Waals surface area contributed by atoms with Crippen molar-refractivity contribution in [3.05, 3.63) is 59.8 Å². The van der Waals surface area contributed by atoms with Crippen LogP contribution in [0.5, 0.6) is 0 Å². The lowest BCUT2D eigenvalue weighted by Gasteiger charge is -2.26. The number of benzene rings is 1. The largest absolute Gasteiger partial charge is 0.347 e. The van der Waals surface area contributed by atoms with Crippen LogP contribution in [0.25, 0.3) is 22.6 Å². The summed E-state index contributed by atoms with van der Waals surface area (Å²) in [4.78, 5) is 9.30. The lowest BCUT2D eigenvalue weighted by atomic mass is 10.0. The highest BCUT2D eigenvalue weighted by atomic mass is 16.7. The number of hydrogen-bond acceptors (Lipinski definition) is 8. The van der Waals surface area contributed by atoms with Gasteiger partial charge in [0.05, 0.1) is 6.54 Å². The van der Waals surface area contributed by atoms with Crippen LogP contribution in [0.1, 0.15) is 56.7 Å². The Morgan fingerprint density at radius 3 is 2.49 bits per heavy atom. The summed E-state index contributed by atoms with van der Waals surface area (Å²) in [6, 6.07) is 12.3. The first-order valence-corrected chi connectivity index (χ1v) is 12.0. The van der Waals surface area contributed by atoms with E-state index in [2.05, 4.69) is 56.8 Å². The van der Waals surface area contributed by atoms with Gasteiger partial charge in [0.2, 0.25) is 11.6 Å². The molecule has 0 aliphatic carbocycles. The second-order valence-corrected chi connectivity index (χ2v) is 8.33. The number of methoxy groups -OCH3 is 2. The van der Waals surface area contributed by atoms with Gasteiger partial charge in [-0.1, -0.05) is 57.0 Å². The van der Waals surface area contributed by atoms with E-state index in [1.165, 1.54) is 0 Å². The van der Waals surface area contributed by atoms with E-state index in [0.717, 1.165) is 48.2 Å². The van der Waals surface area contributed by atoms with E-state index in [0.29, 0.717) is 30.3 Å². The van der Waals surface area contributed by atoms with Gasteiger partial charge in [0.25, 0.3) is 0 Å². The highest BCUT2D eigenvalue weighted by molar-refractivity contribution is 5.77. The van der Waals surface area contributed by atoms with Gasteiger partial charge in [-0.15, -0.1) is 10.2 Å². The maximum absolute atomic E-state index is 5.69. The summed E-state index contributed by atoms with van der Waals surface area (Å²) in [6.45, 7) is 4.81. The quantitative estimate of drug-likeness (QED) is 0.239. The Morgan fingerprint density at radius 1 is 1.03 bits per heavy atom. The minimum Gasteiger partial charge on any atom is -0.347 e. The molecule has 0 fully saturated rings. The van der Waals surface area contributed by atoms with Gasteiger partial charge in [-0.3, -0.25) is 4.98 Å². The molecule has 0 atom stereocenters. The Labute approximate surface area is 205 Å². The summed E-state index contributed by atoms with van der Waals surface area (Å²) >= 11 is 0. The van der Waals surface area contributed by atoms with Crippen molar-refractivity contribution in [1.82, 2.24) is 40.4 Å². The molecule has 35 heavy (non-hydrogen) atoms. The van der Waals surface area contributed by atoms with Crippen LogP contribution in [0.2, 0.25) is 0 Å². The van der Waals surface area contributed by atoms with Gasteiger partial charge >= 0.3 is 0 Å². The molecule has 0 saturated heterocycles. The number of rotatable bonds is 12. The maximum Gasteiger partial charge on any atom is 0.231 e. The normalized spacial score (nSPS) is 11.8. The molecule has 184 valence electrons. The molecular weight excluding hydrogens is 444 g/mol. The molecule has 0 saturated carbocycles. The highest BCUT2D eigenvalue weighted by Crippen LogP contribution is 2.29. The van der Waals surface area contributed by atoms with E-state index in [-0.39, 0.29) is 0 Å². The van der Waals surface area contributed by atoms with Crippen LogP contribution in [0.4, 0.5) is 0 Å². The molecule has 4 aromatic rings. The standard InChI is InChI=1S/C25H32N8O2/c1-5-7-8-11-21-27-24(25(6-2,34-3)35-4)30-33(21)17-18-12-14-19(15-13-18)20-10-9-16-26-22(20)23-28-31-32-29-23/h9-10,12-16H,5-8,11,17H2,1-4H3,(H,28,29,31,32). The molecule has 3 heterocycles. The average Bonchev–Trinajstić information content (AvgIpc) is 3.57. The van der Waals surface area contributed by atoms with E-state index < -0.39 is 5.79 Å². The van der Waals surface area contributed by atoms with Gasteiger partial charge in [0, 0.05) is 38.8 Å². The second kappa shape index (κ2) is 11.3. The van der Waals surface area contributed by atoms with Crippen molar-refractivity contribution in [1.29, 1.82) is 0 Å². The number of nitrogens with one attached hydrogen (secondary N) is 1. The fraction of sp³-hybridized carbons (Fsp3) is 0.440. The molecule has 4 rings (SSSR count). The fourth-order valence-electron chi connectivity index (χ4n) is 4.14. The topological polar surface area (TPSA) is 117 Å². The lowest BCUT2D eigenvalue weighted by Crippen LogP contribution is -2.31. The number of nitrogens with zero attached hydrogens (tertiary/aromatic N) is 7. The number of ether oxygens (including phenoxy) is 2. The molecule has 3 aromatic heterocycles. The van der Waals surface area contributed by atoms with Gasteiger partial charge in [0.1, 0.15) is 11.5 Å². The minimum absolute atomic E-state index is 0.534. The summed E-state index contributed by atoms with van der Waals surface area (Å²) in [5.41, 5.74) is 3.80. The zero-order valence-electron chi connectivity index (χ0n) is 20.7. The summed E-state index contributed by atoms with van der Waals surface area (Å²) in [5.74, 6) is 1.10. The Kier molecular flexibility index (Phi) is 7.94. The van der Waals surface area contributed by atoms with Gasteiger partial charge in [-0.2, -0.15) is 0 Å². The van der Waals surface area contributed by atoms with E-state index in [4.69, 9.17) is 19.6 Å². The first-order chi connectivity index (χ1) is 17.1. The van der Waals surface area contributed by atoms with Crippen LogP contribution in [0, 0.1) is 0 Å². The van der Waals surface area contributed by atoms with Crippen LogP contribution in [0.3, 0.4) is 0 Å². The third-order valence-corrected chi connectivity index (χ3v) is 6.19. The van der Waals surface area contributed by atoms with Crippen LogP contribution < -0.4 is 0 Å². The third kappa shape index (κ3) is 5.28. The molecule has 10 heteroatoms. The molecule has 0 unspecified atom stereocenters. The Morgan fingerprint density at radius 2 is 1.83 bits per heavy atom. The van der Waals surface area contributed by atoms with Crippen molar-refractivity contribution < 1.29 is 9.47 Å². The van der Waals surface area contributed by atoms with Gasteiger partial charge < -0.3 is 9.47 Å². The van der Waals surface area contributed by atoms with Crippen molar-refractivity contribution >= 4 is 0 Å². The fourth-order valence-corrected chi connectivity index (χ4v) is 4.14. The first-order valence-electron chi connectivity index (χ1n) is 12.0. The zero-order chi connectivity index (χ0) is 24.7. The van der Waals surface area contributed by atoms with E-state index in [1.807, 2.05) is 23.7 Å². The molecule has 0 spiro atoms. The van der Waals surface area contributed by atoms with Crippen LogP contribution in [-0.4, -0.2) is 54.6 Å². The molecule has 0 bridgehead atoms. The molecule has 0 aliphatic heterocycles. The van der Waals surface area contributed by atoms with Crippen molar-refractivity contribution in [2.24, 2.45) is 0 Å². The second-order valence-electron chi connectivity index (χ2n) is 8.33. The number of hydrogen-bond donors (Lipinski definition) is 1. The maximum atomic E-state index is 5.69. The van der Waals surface area contributed by atoms with Crippen LogP contribution in [0.15, 0.2) is 42.6 Å². The highest BCUT2D eigenvalue weighted by Gasteiger charge is 2.35. The predicted octanol–water partition coefficient (Wildman–Crippen LogP) is 4.16. The van der Waals surface area contributed by atoms with Gasteiger partial charge in [-0.25, -0.2) is 14.8 Å². The Hall–Kier alpha value is -3.50. The van der Waals surface area contributed by atoms with E-state index in [9.17, 15) is 0 Å². The molecule has 1 N–H and O–H groups in total. The SMILES string of the molecule is CCCCCc1nc(C(CC)(OC)OC)nn1Cc1ccc(-c2cccnc2-c2nnn[nH]2)cc1. The monoisotopic (exact) mass is 476 g/mol. The smallest absolute Gasteiger partial charge is 0.231 e. The van der Waals surface area contributed by atoms with Crippen molar-refractivity contribution in [2.45, 2.75) is 58.3 Å². The Bertz CT molecular complexity index is 1190. The van der Waals surface area contributed by atoms with Crippen molar-refractivity contribution in [3.63, 3.8) is 0 Å². The molecule has 0 aliphatic rings. The summed E-state index contributed by atoms with van der Waals surface area (Å²) in [6.07, 6.45) is 6.57. The van der Waals surface area contributed by atoms with Gasteiger partial charge in [0.15, 0.2) is 5.82 Å². The van der Waals surface area contributed by atoms with E-state index >= 15 is 0 Å². The number of aromatic nitrogens is 8. The molecular formula is C25H32N8O2. The summed E-state index contributed by atoms with van der Waals surface area (Å²) in [5, 5.41) is 19.0. The first kappa shape index (κ1) is 24.6. The van der Waals surface area contributed by atoms with Crippen molar-refractivity contribution in [2.75, 3.05) is 14.2 Å². The molecule has 0 radical (unpaired) electrons. The molecule has 0 amide bonds. The average molecular weight is 477 g/mol. The van der Waals surface area contributed by atoms with Crippen molar-refractivity contribution in [3.8, 4) is 22.6 Å². The summed E-state index contributed by atoms with van der Waals surface area (Å²) < 4.78 is 13.4. The van der Waals surface area contributed by atoms with E-state index in [1.54, 1.807) is 20.4 Å². The number of tetrazole rings is 1. The number of aromatic amines is 1.